The smallest absolute Gasteiger partial charge is 0.337 e. The Morgan fingerprint density at radius 2 is 1.46 bits per heavy atom. The second kappa shape index (κ2) is 6.16. The predicted octanol–water partition coefficient (Wildman–Crippen LogP) is 5.51. The molecule has 0 saturated heterocycles. The van der Waals surface area contributed by atoms with Crippen molar-refractivity contribution in [2.45, 2.75) is 50.4 Å². The van der Waals surface area contributed by atoms with Gasteiger partial charge in [-0.05, 0) is 40.4 Å². The second-order valence-corrected chi connectivity index (χ2v) is 14.0. The molecule has 0 spiro atoms. The lowest BCUT2D eigenvalue weighted by Crippen LogP contribution is -2.54. The fourth-order valence-corrected chi connectivity index (χ4v) is 5.67. The van der Waals surface area contributed by atoms with E-state index in [0.29, 0.717) is 5.57 Å². The molecule has 3 aliphatic rings. The fourth-order valence-electron chi connectivity index (χ4n) is 4.27. The number of esters is 1. The van der Waals surface area contributed by atoms with Crippen molar-refractivity contribution < 1.29 is 14.0 Å². The van der Waals surface area contributed by atoms with Gasteiger partial charge in [-0.1, -0.05) is 75.4 Å². The minimum absolute atomic E-state index is 0.00115. The van der Waals surface area contributed by atoms with Gasteiger partial charge in [0.05, 0.1) is 12.7 Å². The first-order chi connectivity index (χ1) is 13.1. The Morgan fingerprint density at radius 3 is 1.93 bits per heavy atom. The lowest BCUT2D eigenvalue weighted by atomic mass is 9.62. The van der Waals surface area contributed by atoms with Gasteiger partial charge in [-0.2, -0.15) is 0 Å². The van der Waals surface area contributed by atoms with E-state index in [0.717, 1.165) is 11.1 Å². The van der Waals surface area contributed by atoms with E-state index in [4.69, 9.17) is 9.16 Å². The molecule has 0 saturated carbocycles. The molecule has 0 N–H and O–H groups in total. The number of rotatable bonds is 3. The Bertz CT molecular complexity index is 934. The third-order valence-electron chi connectivity index (χ3n) is 6.68. The zero-order valence-corrected chi connectivity index (χ0v) is 18.5. The van der Waals surface area contributed by atoms with Gasteiger partial charge in [-0.15, -0.1) is 0 Å². The molecule has 5 rings (SSSR count). The average molecular weight is 393 g/mol. The van der Waals surface area contributed by atoms with Crippen molar-refractivity contribution in [1.29, 1.82) is 0 Å². The number of methoxy groups -OCH3 is 1. The van der Waals surface area contributed by atoms with E-state index in [9.17, 15) is 4.79 Å². The van der Waals surface area contributed by atoms with Crippen LogP contribution in [0.4, 0.5) is 0 Å². The molecular weight excluding hydrogens is 364 g/mol. The summed E-state index contributed by atoms with van der Waals surface area (Å²) in [5, 5.41) is 0.00115. The third-order valence-corrected chi connectivity index (χ3v) is 11.1. The number of ether oxygens (including phenoxy) is 1. The van der Waals surface area contributed by atoms with Gasteiger partial charge in [0.2, 0.25) is 0 Å². The average Bonchev–Trinajstić information content (AvgIpc) is 2.66. The van der Waals surface area contributed by atoms with Crippen LogP contribution < -0.4 is 0 Å². The maximum Gasteiger partial charge on any atom is 0.337 e. The summed E-state index contributed by atoms with van der Waals surface area (Å²) in [4.78, 5) is 13.0. The number of benzene rings is 2. The van der Waals surface area contributed by atoms with Crippen LogP contribution in [-0.4, -0.2) is 21.4 Å². The maximum atomic E-state index is 13.0. The van der Waals surface area contributed by atoms with Crippen LogP contribution in [-0.2, 0) is 19.6 Å². The van der Waals surface area contributed by atoms with Crippen LogP contribution in [0.25, 0.3) is 0 Å². The molecule has 3 aliphatic carbocycles. The minimum atomic E-state index is -2.25. The molecule has 0 aromatic heterocycles. The first-order valence-electron chi connectivity index (χ1n) is 9.83. The normalized spacial score (nSPS) is 22.9. The lowest BCUT2D eigenvalue weighted by molar-refractivity contribution is -0.138. The lowest BCUT2D eigenvalue weighted by Gasteiger charge is -2.53. The molecule has 2 aromatic rings. The van der Waals surface area contributed by atoms with Crippen molar-refractivity contribution >= 4 is 14.3 Å². The van der Waals surface area contributed by atoms with E-state index < -0.39 is 13.9 Å². The predicted molar refractivity (Wildman–Crippen MR) is 114 cm³/mol. The molecule has 2 bridgehead atoms. The van der Waals surface area contributed by atoms with E-state index >= 15 is 0 Å². The van der Waals surface area contributed by atoms with Gasteiger partial charge in [0.25, 0.3) is 0 Å². The quantitative estimate of drug-likeness (QED) is 0.510. The Hall–Kier alpha value is -2.17. The molecule has 2 aromatic carbocycles. The minimum Gasteiger partial charge on any atom is -0.466 e. The van der Waals surface area contributed by atoms with Gasteiger partial charge < -0.3 is 9.16 Å². The Kier molecular flexibility index (Phi) is 4.22. The number of hydrogen-bond acceptors (Lipinski definition) is 3. The first kappa shape index (κ1) is 19.2. The summed E-state index contributed by atoms with van der Waals surface area (Å²) in [6.45, 7) is 11.2. The van der Waals surface area contributed by atoms with Crippen molar-refractivity contribution in [3.63, 3.8) is 0 Å². The molecule has 0 fully saturated rings. The van der Waals surface area contributed by atoms with Gasteiger partial charge in [0, 0.05) is 5.92 Å². The van der Waals surface area contributed by atoms with Crippen molar-refractivity contribution in [3.05, 3.63) is 82.4 Å². The standard InChI is InChI=1S/C24H28O3Si/c1-23(2,3)28(5,6)27-24-19-13-9-7-11-16(19)18(15-21(24)22(25)26-4)17-12-8-10-14-20(17)24/h7-15,18H,1-6H3. The van der Waals surface area contributed by atoms with Gasteiger partial charge in [0.1, 0.15) is 5.60 Å². The van der Waals surface area contributed by atoms with Gasteiger partial charge in [0.15, 0.2) is 8.32 Å². The monoisotopic (exact) mass is 392 g/mol. The molecule has 4 heteroatoms. The zero-order chi connectivity index (χ0) is 20.3. The van der Waals surface area contributed by atoms with E-state index in [2.05, 4.69) is 76.3 Å². The number of carbonyl (C=O) groups is 1. The first-order valence-corrected chi connectivity index (χ1v) is 12.7. The molecule has 0 amide bonds. The summed E-state index contributed by atoms with van der Waals surface area (Å²) >= 11 is 0. The highest BCUT2D eigenvalue weighted by Gasteiger charge is 2.57. The van der Waals surface area contributed by atoms with Gasteiger partial charge >= 0.3 is 5.97 Å². The largest absolute Gasteiger partial charge is 0.466 e. The third kappa shape index (κ3) is 2.47. The topological polar surface area (TPSA) is 35.5 Å². The molecule has 146 valence electrons. The van der Waals surface area contributed by atoms with Crippen molar-refractivity contribution in [2.75, 3.05) is 7.11 Å². The molecule has 3 nitrogen and oxygen atoms in total. The van der Waals surface area contributed by atoms with Crippen LogP contribution in [0.3, 0.4) is 0 Å². The molecule has 28 heavy (non-hydrogen) atoms. The molecule has 0 heterocycles. The molecule has 0 radical (unpaired) electrons. The number of carbonyl (C=O) groups excluding carboxylic acids is 1. The van der Waals surface area contributed by atoms with E-state index in [1.165, 1.54) is 18.2 Å². The highest BCUT2D eigenvalue weighted by atomic mass is 28.4. The second-order valence-electron chi connectivity index (χ2n) is 9.27. The van der Waals surface area contributed by atoms with E-state index in [1.54, 1.807) is 0 Å². The molecular formula is C24H28O3Si. The Morgan fingerprint density at radius 1 is 0.964 bits per heavy atom. The highest BCUT2D eigenvalue weighted by Crippen LogP contribution is 2.58. The number of hydrogen-bond donors (Lipinski definition) is 0. The number of allylic oxidation sites excluding steroid dienone is 1. The molecule has 0 aliphatic heterocycles. The maximum absolute atomic E-state index is 13.0. The van der Waals surface area contributed by atoms with Crippen LogP contribution >= 0.6 is 0 Å². The van der Waals surface area contributed by atoms with Crippen molar-refractivity contribution in [1.82, 2.24) is 0 Å². The summed E-state index contributed by atoms with van der Waals surface area (Å²) in [6.07, 6.45) is 2.06. The van der Waals surface area contributed by atoms with Crippen molar-refractivity contribution in [3.8, 4) is 0 Å². The van der Waals surface area contributed by atoms with Gasteiger partial charge in [-0.3, -0.25) is 0 Å². The van der Waals surface area contributed by atoms with Crippen LogP contribution in [0.5, 0.6) is 0 Å². The fraction of sp³-hybridized carbons (Fsp3) is 0.375. The van der Waals surface area contributed by atoms with E-state index in [1.807, 2.05) is 12.1 Å². The summed E-state index contributed by atoms with van der Waals surface area (Å²) in [5.41, 5.74) is 4.28. The summed E-state index contributed by atoms with van der Waals surface area (Å²) in [6, 6.07) is 16.7. The van der Waals surface area contributed by atoms with E-state index in [-0.39, 0.29) is 16.9 Å². The van der Waals surface area contributed by atoms with Crippen molar-refractivity contribution in [2.24, 2.45) is 0 Å². The SMILES string of the molecule is COC(=O)C1=CC2c3ccccc3C1(O[Si](C)(C)C(C)(C)C)c1ccccc12. The summed E-state index contributed by atoms with van der Waals surface area (Å²) < 4.78 is 12.4. The van der Waals surface area contributed by atoms with Gasteiger partial charge in [-0.25, -0.2) is 4.79 Å². The van der Waals surface area contributed by atoms with Crippen LogP contribution in [0, 0.1) is 0 Å². The van der Waals surface area contributed by atoms with Crippen LogP contribution in [0.15, 0.2) is 60.2 Å². The van der Waals surface area contributed by atoms with Crippen LogP contribution in [0.2, 0.25) is 18.1 Å². The Balaban J connectivity index is 2.07. The summed E-state index contributed by atoms with van der Waals surface area (Å²) in [5.74, 6) is -0.265. The molecule has 0 unspecified atom stereocenters. The molecule has 0 atom stereocenters. The highest BCUT2D eigenvalue weighted by molar-refractivity contribution is 6.74. The zero-order valence-electron chi connectivity index (χ0n) is 17.5. The van der Waals surface area contributed by atoms with Crippen LogP contribution in [0.1, 0.15) is 48.9 Å². The Labute approximate surface area is 168 Å². The summed E-state index contributed by atoms with van der Waals surface area (Å²) in [7, 11) is -0.799.